The van der Waals surface area contributed by atoms with E-state index in [9.17, 15) is 4.79 Å². The number of rotatable bonds is 4. The van der Waals surface area contributed by atoms with Crippen LogP contribution in [-0.4, -0.2) is 25.0 Å². The first-order valence-corrected chi connectivity index (χ1v) is 8.85. The van der Waals surface area contributed by atoms with Crippen molar-refractivity contribution in [2.24, 2.45) is 0 Å². The molecule has 1 fully saturated rings. The Balaban J connectivity index is 1.93. The number of halogens is 1. The molecule has 0 radical (unpaired) electrons. The lowest BCUT2D eigenvalue weighted by Crippen LogP contribution is -2.49. The summed E-state index contributed by atoms with van der Waals surface area (Å²) in [4.78, 5) is 14.5. The van der Waals surface area contributed by atoms with Gasteiger partial charge in [-0.2, -0.15) is 5.26 Å². The minimum Gasteiger partial charge on any atom is -0.358 e. The third-order valence-corrected chi connectivity index (χ3v) is 4.83. The minimum atomic E-state index is -0.286. The highest BCUT2D eigenvalue weighted by Gasteiger charge is 2.30. The van der Waals surface area contributed by atoms with Crippen LogP contribution in [0, 0.1) is 11.3 Å². The van der Waals surface area contributed by atoms with Crippen LogP contribution >= 0.6 is 11.6 Å². The zero-order valence-electron chi connectivity index (χ0n) is 13.9. The molecule has 0 aromatic heterocycles. The Morgan fingerprint density at radius 3 is 2.76 bits per heavy atom. The Morgan fingerprint density at radius 1 is 1.20 bits per heavy atom. The van der Waals surface area contributed by atoms with Gasteiger partial charge in [-0.25, -0.2) is 0 Å². The molecule has 3 rings (SSSR count). The second-order valence-corrected chi connectivity index (χ2v) is 6.52. The Bertz CT molecular complexity index is 785. The highest BCUT2D eigenvalue weighted by Crippen LogP contribution is 2.35. The lowest BCUT2D eigenvalue weighted by molar-refractivity contribution is -0.122. The molecule has 1 amide bonds. The van der Waals surface area contributed by atoms with Gasteiger partial charge in [0.25, 0.3) is 0 Å². The Morgan fingerprint density at radius 2 is 2.00 bits per heavy atom. The summed E-state index contributed by atoms with van der Waals surface area (Å²) in [5.41, 5.74) is 3.06. The number of hydrogen-bond acceptors (Lipinski definition) is 3. The summed E-state index contributed by atoms with van der Waals surface area (Å²) in [6.45, 7) is 0.809. The summed E-state index contributed by atoms with van der Waals surface area (Å²) in [5.74, 6) is -0.109. The summed E-state index contributed by atoms with van der Waals surface area (Å²) in [5, 5.41) is 12.0. The van der Waals surface area contributed by atoms with Gasteiger partial charge in [-0.15, -0.1) is 0 Å². The van der Waals surface area contributed by atoms with Crippen LogP contribution in [0.15, 0.2) is 48.5 Å². The summed E-state index contributed by atoms with van der Waals surface area (Å²) in [7, 11) is 0. The second kappa shape index (κ2) is 8.04. The molecular weight excluding hydrogens is 334 g/mol. The van der Waals surface area contributed by atoms with E-state index >= 15 is 0 Å². The van der Waals surface area contributed by atoms with Crippen molar-refractivity contribution in [1.29, 1.82) is 5.26 Å². The Hall–Kier alpha value is -2.51. The second-order valence-electron chi connectivity index (χ2n) is 6.11. The van der Waals surface area contributed by atoms with E-state index in [1.54, 1.807) is 0 Å². The van der Waals surface area contributed by atoms with Crippen molar-refractivity contribution < 1.29 is 4.79 Å². The Kier molecular flexibility index (Phi) is 5.57. The van der Waals surface area contributed by atoms with E-state index in [4.69, 9.17) is 16.9 Å². The number of anilines is 1. The normalized spacial score (nSPS) is 17.0. The lowest BCUT2D eigenvalue weighted by atomic mass is 9.98. The number of piperidine rings is 1. The summed E-state index contributed by atoms with van der Waals surface area (Å²) in [6, 6.07) is 17.7. The van der Waals surface area contributed by atoms with Gasteiger partial charge >= 0.3 is 0 Å². The van der Waals surface area contributed by atoms with Gasteiger partial charge in [0.1, 0.15) is 12.6 Å². The molecule has 0 aliphatic carbocycles. The van der Waals surface area contributed by atoms with Crippen LogP contribution in [0.4, 0.5) is 5.69 Å². The number of benzene rings is 2. The van der Waals surface area contributed by atoms with Crippen LogP contribution in [0.3, 0.4) is 0 Å². The molecule has 1 aliphatic rings. The van der Waals surface area contributed by atoms with E-state index in [1.165, 1.54) is 0 Å². The summed E-state index contributed by atoms with van der Waals surface area (Å²) < 4.78 is 0. The average molecular weight is 354 g/mol. The van der Waals surface area contributed by atoms with E-state index in [0.717, 1.165) is 42.6 Å². The number of hydrogen-bond donors (Lipinski definition) is 1. The molecule has 25 heavy (non-hydrogen) atoms. The number of nitriles is 1. The molecule has 0 spiro atoms. The van der Waals surface area contributed by atoms with Crippen molar-refractivity contribution in [2.45, 2.75) is 25.3 Å². The molecule has 1 heterocycles. The van der Waals surface area contributed by atoms with Crippen molar-refractivity contribution in [2.75, 3.05) is 18.0 Å². The van der Waals surface area contributed by atoms with Crippen molar-refractivity contribution >= 4 is 23.2 Å². The van der Waals surface area contributed by atoms with E-state index in [2.05, 4.69) is 22.3 Å². The maximum atomic E-state index is 12.5. The average Bonchev–Trinajstić information content (AvgIpc) is 2.67. The van der Waals surface area contributed by atoms with Crippen LogP contribution < -0.4 is 10.2 Å². The number of carbonyl (C=O) groups is 1. The quantitative estimate of drug-likeness (QED) is 0.845. The predicted octanol–water partition coefficient (Wildman–Crippen LogP) is 4.01. The molecule has 1 N–H and O–H groups in total. The van der Waals surface area contributed by atoms with E-state index < -0.39 is 0 Å². The van der Waals surface area contributed by atoms with Crippen LogP contribution in [0.2, 0.25) is 5.02 Å². The predicted molar refractivity (Wildman–Crippen MR) is 100 cm³/mol. The maximum absolute atomic E-state index is 12.5. The zero-order chi connectivity index (χ0) is 17.6. The fourth-order valence-corrected chi connectivity index (χ4v) is 3.51. The molecule has 0 bridgehead atoms. The van der Waals surface area contributed by atoms with Gasteiger partial charge < -0.3 is 10.2 Å². The van der Waals surface area contributed by atoms with Crippen LogP contribution in [-0.2, 0) is 4.79 Å². The first-order valence-electron chi connectivity index (χ1n) is 8.47. The largest absolute Gasteiger partial charge is 0.358 e. The van der Waals surface area contributed by atoms with Gasteiger partial charge in [-0.3, -0.25) is 4.79 Å². The molecule has 1 unspecified atom stereocenters. The molecule has 1 atom stereocenters. The number of nitrogens with one attached hydrogen (secondary N) is 1. The molecule has 4 nitrogen and oxygen atoms in total. The van der Waals surface area contributed by atoms with Crippen molar-refractivity contribution in [3.8, 4) is 17.2 Å². The Labute approximate surface area is 153 Å². The third-order valence-electron chi connectivity index (χ3n) is 4.51. The van der Waals surface area contributed by atoms with Crippen molar-refractivity contribution in [3.63, 3.8) is 0 Å². The van der Waals surface area contributed by atoms with Gasteiger partial charge in [-0.1, -0.05) is 48.0 Å². The number of nitrogens with zero attached hydrogens (tertiary/aromatic N) is 2. The van der Waals surface area contributed by atoms with Gasteiger partial charge in [0.05, 0.1) is 16.8 Å². The molecular formula is C20H20ClN3O. The van der Waals surface area contributed by atoms with Crippen LogP contribution in [0.1, 0.15) is 19.3 Å². The lowest BCUT2D eigenvalue weighted by Gasteiger charge is -2.37. The monoisotopic (exact) mass is 353 g/mol. The molecule has 128 valence electrons. The van der Waals surface area contributed by atoms with Gasteiger partial charge in [0.2, 0.25) is 5.91 Å². The fraction of sp³-hybridized carbons (Fsp3) is 0.300. The molecule has 0 saturated carbocycles. The molecule has 1 aliphatic heterocycles. The van der Waals surface area contributed by atoms with Gasteiger partial charge in [0, 0.05) is 6.54 Å². The molecule has 2 aromatic rings. The van der Waals surface area contributed by atoms with E-state index in [1.807, 2.05) is 42.5 Å². The van der Waals surface area contributed by atoms with Crippen LogP contribution in [0.25, 0.3) is 11.1 Å². The standard InChI is InChI=1S/C20H20ClN3O/c21-17-10-9-16(15-6-2-1-3-7-15)14-19(17)24-13-5-4-8-18(24)20(25)23-12-11-22/h1-3,6-7,9-10,14,18H,4-5,8,12-13H2,(H,23,25). The first kappa shape index (κ1) is 17.3. The molecule has 5 heteroatoms. The third kappa shape index (κ3) is 3.94. The smallest absolute Gasteiger partial charge is 0.243 e. The first-order chi connectivity index (χ1) is 12.2. The SMILES string of the molecule is N#CCNC(=O)C1CCCCN1c1cc(-c2ccccc2)ccc1Cl. The van der Waals surface area contributed by atoms with E-state index in [-0.39, 0.29) is 18.5 Å². The van der Waals surface area contributed by atoms with Gasteiger partial charge in [0.15, 0.2) is 0 Å². The maximum Gasteiger partial charge on any atom is 0.243 e. The highest BCUT2D eigenvalue weighted by molar-refractivity contribution is 6.33. The highest BCUT2D eigenvalue weighted by atomic mass is 35.5. The molecule has 1 saturated heterocycles. The van der Waals surface area contributed by atoms with Gasteiger partial charge in [-0.05, 0) is 42.5 Å². The number of carbonyl (C=O) groups excluding carboxylic acids is 1. The topological polar surface area (TPSA) is 56.1 Å². The van der Waals surface area contributed by atoms with Crippen molar-refractivity contribution in [1.82, 2.24) is 5.32 Å². The minimum absolute atomic E-state index is 0.0287. The summed E-state index contributed by atoms with van der Waals surface area (Å²) in [6.07, 6.45) is 2.79. The fourth-order valence-electron chi connectivity index (χ4n) is 3.28. The summed E-state index contributed by atoms with van der Waals surface area (Å²) >= 11 is 6.47. The van der Waals surface area contributed by atoms with Crippen molar-refractivity contribution in [3.05, 3.63) is 53.6 Å². The molecule has 2 aromatic carbocycles. The van der Waals surface area contributed by atoms with Crippen LogP contribution in [0.5, 0.6) is 0 Å². The number of amides is 1. The van der Waals surface area contributed by atoms with E-state index in [0.29, 0.717) is 5.02 Å². The zero-order valence-corrected chi connectivity index (χ0v) is 14.7.